The summed E-state index contributed by atoms with van der Waals surface area (Å²) < 4.78 is 36.6. The lowest BCUT2D eigenvalue weighted by molar-refractivity contribution is -0.137. The van der Waals surface area contributed by atoms with Gasteiger partial charge in [-0.05, 0) is 37.0 Å². The Hall–Kier alpha value is -0.700. The number of aryl methyl sites for hydroxylation is 1. The molecule has 0 aliphatic carbocycles. The molecule has 0 unspecified atom stereocenters. The highest BCUT2D eigenvalue weighted by Gasteiger charge is 2.29. The van der Waals surface area contributed by atoms with E-state index in [2.05, 4.69) is 0 Å². The molecule has 0 aliphatic heterocycles. The van der Waals surface area contributed by atoms with Crippen LogP contribution >= 0.6 is 11.6 Å². The maximum Gasteiger partial charge on any atom is 0.416 e. The van der Waals surface area contributed by atoms with Gasteiger partial charge in [0.25, 0.3) is 0 Å². The number of halogens is 4. The summed E-state index contributed by atoms with van der Waals surface area (Å²) in [5.41, 5.74) is 0.330. The van der Waals surface area contributed by atoms with Gasteiger partial charge in [0.05, 0.1) is 5.56 Å². The van der Waals surface area contributed by atoms with Gasteiger partial charge in [-0.15, -0.1) is 11.6 Å². The topological polar surface area (TPSA) is 0 Å². The highest BCUT2D eigenvalue weighted by Crippen LogP contribution is 2.29. The van der Waals surface area contributed by atoms with Crippen molar-refractivity contribution in [3.05, 3.63) is 35.4 Å². The lowest BCUT2D eigenvalue weighted by atomic mass is 10.1. The molecular weight excluding hydrogens is 225 g/mol. The molecule has 0 nitrogen and oxygen atoms in total. The second-order valence-electron chi connectivity index (χ2n) is 3.34. The highest BCUT2D eigenvalue weighted by atomic mass is 35.5. The van der Waals surface area contributed by atoms with Gasteiger partial charge in [0.15, 0.2) is 0 Å². The van der Waals surface area contributed by atoms with Gasteiger partial charge in [-0.25, -0.2) is 0 Å². The molecule has 0 bridgehead atoms. The van der Waals surface area contributed by atoms with E-state index in [0.717, 1.165) is 37.0 Å². The van der Waals surface area contributed by atoms with E-state index in [9.17, 15) is 13.2 Å². The van der Waals surface area contributed by atoms with E-state index in [-0.39, 0.29) is 0 Å². The monoisotopic (exact) mass is 236 g/mol. The predicted molar refractivity (Wildman–Crippen MR) is 55.1 cm³/mol. The summed E-state index contributed by atoms with van der Waals surface area (Å²) in [5.74, 6) is 0.598. The Kier molecular flexibility index (Phi) is 4.45. The van der Waals surface area contributed by atoms with Crippen molar-refractivity contribution in [3.63, 3.8) is 0 Å². The van der Waals surface area contributed by atoms with Crippen molar-refractivity contribution < 1.29 is 13.2 Å². The molecule has 0 N–H and O–H groups in total. The van der Waals surface area contributed by atoms with Crippen LogP contribution in [0.15, 0.2) is 24.3 Å². The Labute approximate surface area is 92.1 Å². The molecule has 0 fully saturated rings. The molecule has 0 radical (unpaired) electrons. The third-order valence-corrected chi connectivity index (χ3v) is 2.40. The van der Waals surface area contributed by atoms with Crippen molar-refractivity contribution >= 4 is 11.6 Å². The zero-order valence-corrected chi connectivity index (χ0v) is 8.91. The molecule has 0 spiro atoms. The summed E-state index contributed by atoms with van der Waals surface area (Å²) in [5, 5.41) is 0. The van der Waals surface area contributed by atoms with Crippen LogP contribution in [0.2, 0.25) is 0 Å². The fraction of sp³-hybridized carbons (Fsp3) is 0.455. The van der Waals surface area contributed by atoms with Crippen LogP contribution < -0.4 is 0 Å². The molecule has 84 valence electrons. The predicted octanol–water partition coefficient (Wildman–Crippen LogP) is 4.27. The van der Waals surface area contributed by atoms with Crippen LogP contribution in [0.1, 0.15) is 24.0 Å². The van der Waals surface area contributed by atoms with Gasteiger partial charge in [-0.2, -0.15) is 13.2 Å². The third kappa shape index (κ3) is 4.12. The van der Waals surface area contributed by atoms with Crippen molar-refractivity contribution in [3.8, 4) is 0 Å². The highest BCUT2D eigenvalue weighted by molar-refractivity contribution is 6.17. The van der Waals surface area contributed by atoms with Crippen molar-refractivity contribution in [1.29, 1.82) is 0 Å². The van der Waals surface area contributed by atoms with Crippen LogP contribution in [0.25, 0.3) is 0 Å². The van der Waals surface area contributed by atoms with Crippen molar-refractivity contribution in [2.45, 2.75) is 25.4 Å². The molecule has 0 saturated heterocycles. The smallest absolute Gasteiger partial charge is 0.166 e. The number of benzene rings is 1. The number of alkyl halides is 4. The standard InChI is InChI=1S/C11H12ClF3/c12-8-2-1-3-9-4-6-10(7-5-9)11(13,14)15/h4-7H,1-3,8H2. The fourth-order valence-corrected chi connectivity index (χ4v) is 1.47. The van der Waals surface area contributed by atoms with Crippen LogP contribution in [0, 0.1) is 0 Å². The summed E-state index contributed by atoms with van der Waals surface area (Å²) in [7, 11) is 0. The number of hydrogen-bond acceptors (Lipinski definition) is 0. The van der Waals surface area contributed by atoms with E-state index in [4.69, 9.17) is 11.6 Å². The van der Waals surface area contributed by atoms with Crippen LogP contribution in [-0.2, 0) is 12.6 Å². The van der Waals surface area contributed by atoms with Gasteiger partial charge in [0, 0.05) is 5.88 Å². The first-order valence-corrected chi connectivity index (χ1v) is 5.29. The first kappa shape index (κ1) is 12.4. The largest absolute Gasteiger partial charge is 0.416 e. The SMILES string of the molecule is FC(F)(F)c1ccc(CCCCCl)cc1. The molecular formula is C11H12ClF3. The van der Waals surface area contributed by atoms with E-state index in [1.54, 1.807) is 0 Å². The normalized spacial score (nSPS) is 11.7. The van der Waals surface area contributed by atoms with Crippen LogP contribution in [0.4, 0.5) is 13.2 Å². The van der Waals surface area contributed by atoms with Gasteiger partial charge in [0.1, 0.15) is 0 Å². The van der Waals surface area contributed by atoms with Crippen LogP contribution in [-0.4, -0.2) is 5.88 Å². The van der Waals surface area contributed by atoms with E-state index in [0.29, 0.717) is 5.88 Å². The Morgan fingerprint density at radius 2 is 1.60 bits per heavy atom. The minimum atomic E-state index is -4.24. The van der Waals surface area contributed by atoms with Crippen molar-refractivity contribution in [1.82, 2.24) is 0 Å². The number of rotatable bonds is 4. The van der Waals surface area contributed by atoms with Gasteiger partial charge in [-0.3, -0.25) is 0 Å². The second kappa shape index (κ2) is 5.40. The fourth-order valence-electron chi connectivity index (χ4n) is 1.28. The van der Waals surface area contributed by atoms with E-state index in [1.165, 1.54) is 12.1 Å². The van der Waals surface area contributed by atoms with Crippen LogP contribution in [0.3, 0.4) is 0 Å². The minimum absolute atomic E-state index is 0.594. The van der Waals surface area contributed by atoms with Gasteiger partial charge in [0.2, 0.25) is 0 Å². The molecule has 1 rings (SSSR count). The summed E-state index contributed by atoms with van der Waals surface area (Å²) in [4.78, 5) is 0. The van der Waals surface area contributed by atoms with E-state index in [1.807, 2.05) is 0 Å². The Morgan fingerprint density at radius 3 is 2.07 bits per heavy atom. The van der Waals surface area contributed by atoms with Crippen LogP contribution in [0.5, 0.6) is 0 Å². The van der Waals surface area contributed by atoms with E-state index >= 15 is 0 Å². The molecule has 0 amide bonds. The summed E-state index contributed by atoms with van der Waals surface area (Å²) in [6.45, 7) is 0. The number of hydrogen-bond donors (Lipinski definition) is 0. The molecule has 1 aromatic rings. The molecule has 0 atom stereocenters. The Morgan fingerprint density at radius 1 is 1.00 bits per heavy atom. The molecule has 1 aromatic carbocycles. The van der Waals surface area contributed by atoms with Gasteiger partial charge < -0.3 is 0 Å². The molecule has 4 heteroatoms. The quantitative estimate of drug-likeness (QED) is 0.541. The molecule has 0 heterocycles. The van der Waals surface area contributed by atoms with Crippen molar-refractivity contribution in [2.24, 2.45) is 0 Å². The lowest BCUT2D eigenvalue weighted by Crippen LogP contribution is -2.04. The maximum absolute atomic E-state index is 12.2. The zero-order valence-electron chi connectivity index (χ0n) is 8.15. The molecule has 15 heavy (non-hydrogen) atoms. The minimum Gasteiger partial charge on any atom is -0.166 e. The summed E-state index contributed by atoms with van der Waals surface area (Å²) in [6.07, 6.45) is -1.66. The lowest BCUT2D eigenvalue weighted by Gasteiger charge is -2.07. The summed E-state index contributed by atoms with van der Waals surface area (Å²) >= 11 is 5.50. The zero-order chi connectivity index (χ0) is 11.3. The first-order chi connectivity index (χ1) is 7.04. The maximum atomic E-state index is 12.2. The average molecular weight is 237 g/mol. The van der Waals surface area contributed by atoms with Gasteiger partial charge >= 0.3 is 6.18 Å². The summed E-state index contributed by atoms with van der Waals surface area (Å²) in [6, 6.07) is 5.29. The van der Waals surface area contributed by atoms with Crippen molar-refractivity contribution in [2.75, 3.05) is 5.88 Å². The van der Waals surface area contributed by atoms with Gasteiger partial charge in [-0.1, -0.05) is 12.1 Å². The number of unbranched alkanes of at least 4 members (excludes halogenated alkanes) is 1. The van der Waals surface area contributed by atoms with E-state index < -0.39 is 11.7 Å². The first-order valence-electron chi connectivity index (χ1n) is 4.76. The second-order valence-corrected chi connectivity index (χ2v) is 3.72. The molecule has 0 saturated carbocycles. The Balaban J connectivity index is 2.57. The molecule has 0 aliphatic rings. The third-order valence-electron chi connectivity index (χ3n) is 2.13. The Bertz CT molecular complexity index is 290. The molecule has 0 aromatic heterocycles. The average Bonchev–Trinajstić information content (AvgIpc) is 2.18.